The van der Waals surface area contributed by atoms with E-state index in [4.69, 9.17) is 0 Å². The first kappa shape index (κ1) is 21.0. The number of benzene rings is 3. The van der Waals surface area contributed by atoms with Crippen molar-refractivity contribution in [3.8, 4) is 0 Å². The number of hydrogen-bond acceptors (Lipinski definition) is 2. The zero-order valence-corrected chi connectivity index (χ0v) is 18.8. The highest BCUT2D eigenvalue weighted by atomic mass is 16.3. The quantitative estimate of drug-likeness (QED) is 0.387. The summed E-state index contributed by atoms with van der Waals surface area (Å²) in [5, 5.41) is 11.8. The van der Waals surface area contributed by atoms with Gasteiger partial charge in [0.25, 0.3) is 0 Å². The maximum atomic E-state index is 10.5. The van der Waals surface area contributed by atoms with Gasteiger partial charge in [0, 0.05) is 29.7 Å². The Labute approximate surface area is 190 Å². The van der Waals surface area contributed by atoms with Crippen LogP contribution >= 0.6 is 0 Å². The van der Waals surface area contributed by atoms with Crippen LogP contribution in [-0.2, 0) is 13.0 Å². The molecule has 0 radical (unpaired) electrons. The highest BCUT2D eigenvalue weighted by molar-refractivity contribution is 5.86. The number of aliphatic hydroxyl groups excluding tert-OH is 1. The molecule has 1 N–H and O–H groups in total. The number of aromatic nitrogens is 1. The second kappa shape index (κ2) is 9.32. The maximum Gasteiger partial charge on any atom is 0.0628 e. The van der Waals surface area contributed by atoms with Crippen molar-refractivity contribution < 1.29 is 5.11 Å². The van der Waals surface area contributed by atoms with Gasteiger partial charge in [-0.3, -0.25) is 4.90 Å². The van der Waals surface area contributed by atoms with Crippen molar-refractivity contribution in [3.05, 3.63) is 107 Å². The zero-order chi connectivity index (χ0) is 21.9. The van der Waals surface area contributed by atoms with Crippen molar-refractivity contribution in [2.24, 2.45) is 0 Å². The lowest BCUT2D eigenvalue weighted by Crippen LogP contribution is -2.40. The molecule has 0 amide bonds. The normalized spacial score (nSPS) is 17.4. The topological polar surface area (TPSA) is 28.4 Å². The summed E-state index contributed by atoms with van der Waals surface area (Å²) in [5.41, 5.74) is 6.79. The van der Waals surface area contributed by atoms with Crippen LogP contribution in [0.1, 0.15) is 54.2 Å². The molecule has 3 aromatic carbocycles. The second-order valence-electron chi connectivity index (χ2n) is 8.85. The molecule has 0 bridgehead atoms. The average Bonchev–Trinajstić information content (AvgIpc) is 3.16. The van der Waals surface area contributed by atoms with E-state index in [1.54, 1.807) is 0 Å². The van der Waals surface area contributed by atoms with Gasteiger partial charge in [-0.05, 0) is 35.6 Å². The standard InChI is InChI=1S/C29H32N2O/c1-2-11-27-29-25(18-19-30(27)28(21-32)23-14-7-4-8-15-23)24-16-9-10-17-26(24)31(29)20-22-12-5-3-6-13-22/h3-10,12-17,27-28,32H,2,11,18-21H2,1H3/t27-,28+/m1/s1. The van der Waals surface area contributed by atoms with Crippen LogP contribution in [-0.4, -0.2) is 27.7 Å². The van der Waals surface area contributed by atoms with Crippen LogP contribution in [0, 0.1) is 0 Å². The summed E-state index contributed by atoms with van der Waals surface area (Å²) in [4.78, 5) is 2.56. The fourth-order valence-corrected chi connectivity index (χ4v) is 5.55. The van der Waals surface area contributed by atoms with E-state index in [1.807, 2.05) is 6.07 Å². The molecule has 0 saturated heterocycles. The van der Waals surface area contributed by atoms with Crippen LogP contribution in [0.5, 0.6) is 0 Å². The van der Waals surface area contributed by atoms with Crippen LogP contribution < -0.4 is 0 Å². The minimum absolute atomic E-state index is 0.0177. The third-order valence-corrected chi connectivity index (χ3v) is 6.96. The summed E-state index contributed by atoms with van der Waals surface area (Å²) in [6.45, 7) is 4.25. The van der Waals surface area contributed by atoms with E-state index in [-0.39, 0.29) is 18.7 Å². The predicted molar refractivity (Wildman–Crippen MR) is 132 cm³/mol. The molecule has 4 aromatic rings. The lowest BCUT2D eigenvalue weighted by atomic mass is 9.91. The highest BCUT2D eigenvalue weighted by Gasteiger charge is 2.36. The number of fused-ring (bicyclic) bond motifs is 3. The maximum absolute atomic E-state index is 10.5. The third-order valence-electron chi connectivity index (χ3n) is 6.96. The molecule has 1 aliphatic heterocycles. The molecule has 1 aromatic heterocycles. The first-order chi connectivity index (χ1) is 15.8. The number of nitrogens with zero attached hydrogens (tertiary/aromatic N) is 2. The summed E-state index contributed by atoms with van der Waals surface area (Å²) in [6, 6.07) is 30.5. The molecule has 0 fully saturated rings. The molecule has 0 unspecified atom stereocenters. The van der Waals surface area contributed by atoms with Gasteiger partial charge >= 0.3 is 0 Å². The minimum atomic E-state index is 0.0177. The van der Waals surface area contributed by atoms with Crippen LogP contribution in [0.15, 0.2) is 84.9 Å². The first-order valence-corrected chi connectivity index (χ1v) is 11.9. The van der Waals surface area contributed by atoms with Crippen molar-refractivity contribution in [1.82, 2.24) is 9.47 Å². The average molecular weight is 425 g/mol. The minimum Gasteiger partial charge on any atom is -0.394 e. The molecule has 5 rings (SSSR count). The lowest BCUT2D eigenvalue weighted by molar-refractivity contribution is 0.0667. The zero-order valence-electron chi connectivity index (χ0n) is 18.8. The van der Waals surface area contributed by atoms with Crippen LogP contribution in [0.2, 0.25) is 0 Å². The molecule has 164 valence electrons. The van der Waals surface area contributed by atoms with Gasteiger partial charge in [-0.1, -0.05) is 92.2 Å². The van der Waals surface area contributed by atoms with Crippen molar-refractivity contribution in [2.45, 2.75) is 44.8 Å². The number of para-hydroxylation sites is 1. The lowest BCUT2D eigenvalue weighted by Gasteiger charge is -2.42. The third kappa shape index (κ3) is 3.76. The van der Waals surface area contributed by atoms with E-state index >= 15 is 0 Å². The molecule has 3 heteroatoms. The monoisotopic (exact) mass is 424 g/mol. The smallest absolute Gasteiger partial charge is 0.0628 e. The molecule has 32 heavy (non-hydrogen) atoms. The van der Waals surface area contributed by atoms with Gasteiger partial charge in [-0.15, -0.1) is 0 Å². The number of rotatable bonds is 7. The van der Waals surface area contributed by atoms with Crippen LogP contribution in [0.3, 0.4) is 0 Å². The van der Waals surface area contributed by atoms with E-state index in [2.05, 4.69) is 95.3 Å². The van der Waals surface area contributed by atoms with Gasteiger partial charge in [-0.2, -0.15) is 0 Å². The van der Waals surface area contributed by atoms with E-state index in [9.17, 15) is 5.11 Å². The van der Waals surface area contributed by atoms with Crippen LogP contribution in [0.4, 0.5) is 0 Å². The Bertz CT molecular complexity index is 1170. The molecule has 3 nitrogen and oxygen atoms in total. The predicted octanol–water partition coefficient (Wildman–Crippen LogP) is 6.12. The highest BCUT2D eigenvalue weighted by Crippen LogP contribution is 2.43. The molecule has 2 atom stereocenters. The number of hydrogen-bond donors (Lipinski definition) is 1. The Morgan fingerprint density at radius 2 is 1.59 bits per heavy atom. The summed E-state index contributed by atoms with van der Waals surface area (Å²) < 4.78 is 2.55. The summed E-state index contributed by atoms with van der Waals surface area (Å²) in [6.07, 6.45) is 3.21. The molecule has 2 heterocycles. The van der Waals surface area contributed by atoms with Crippen LogP contribution in [0.25, 0.3) is 10.9 Å². The van der Waals surface area contributed by atoms with Gasteiger partial charge < -0.3 is 9.67 Å². The molecular formula is C29H32N2O. The van der Waals surface area contributed by atoms with Crippen molar-refractivity contribution in [1.29, 1.82) is 0 Å². The Kier molecular flexibility index (Phi) is 6.11. The van der Waals surface area contributed by atoms with E-state index in [0.29, 0.717) is 0 Å². The Morgan fingerprint density at radius 3 is 2.31 bits per heavy atom. The SMILES string of the molecule is CCC[C@@H]1c2c(c3ccccc3n2Cc2ccccc2)CCN1[C@@H](CO)c1ccccc1. The largest absolute Gasteiger partial charge is 0.394 e. The van der Waals surface area contributed by atoms with Gasteiger partial charge in [0.1, 0.15) is 0 Å². The first-order valence-electron chi connectivity index (χ1n) is 11.9. The van der Waals surface area contributed by atoms with Crippen molar-refractivity contribution in [3.63, 3.8) is 0 Å². The Balaban J connectivity index is 1.65. The summed E-state index contributed by atoms with van der Waals surface area (Å²) in [7, 11) is 0. The van der Waals surface area contributed by atoms with Crippen molar-refractivity contribution in [2.75, 3.05) is 13.2 Å². The molecule has 1 aliphatic rings. The van der Waals surface area contributed by atoms with Crippen molar-refractivity contribution >= 4 is 10.9 Å². The fraction of sp³-hybridized carbons (Fsp3) is 0.310. The van der Waals surface area contributed by atoms with E-state index < -0.39 is 0 Å². The molecule has 0 spiro atoms. The van der Waals surface area contributed by atoms with Gasteiger partial charge in [-0.25, -0.2) is 0 Å². The van der Waals surface area contributed by atoms with Gasteiger partial charge in [0.15, 0.2) is 0 Å². The van der Waals surface area contributed by atoms with E-state index in [0.717, 1.165) is 32.4 Å². The van der Waals surface area contributed by atoms with Gasteiger partial charge in [0.2, 0.25) is 0 Å². The molecule has 0 saturated carbocycles. The Hall–Kier alpha value is -2.88. The number of aliphatic hydroxyl groups is 1. The molecular weight excluding hydrogens is 392 g/mol. The van der Waals surface area contributed by atoms with E-state index in [1.165, 1.54) is 33.3 Å². The summed E-state index contributed by atoms with van der Waals surface area (Å²) in [5.74, 6) is 0. The molecule has 0 aliphatic carbocycles. The second-order valence-corrected chi connectivity index (χ2v) is 8.85. The fourth-order valence-electron chi connectivity index (χ4n) is 5.55. The van der Waals surface area contributed by atoms with Gasteiger partial charge in [0.05, 0.1) is 18.7 Å². The summed E-state index contributed by atoms with van der Waals surface area (Å²) >= 11 is 0. The Morgan fingerprint density at radius 1 is 0.906 bits per heavy atom.